The largest absolute Gasteiger partial charge is 0.491 e. The SMILES string of the molecule is CC(C)Oc1ccc(CCCCC(=O)O)c(C(C)OC[C@H](O)CNC(C)(C)CC2Cc3ccccc3C2)c1. The Morgan fingerprint density at radius 1 is 1.08 bits per heavy atom. The molecule has 0 bridgehead atoms. The highest BCUT2D eigenvalue weighted by molar-refractivity contribution is 5.66. The molecule has 2 aromatic carbocycles. The van der Waals surface area contributed by atoms with Crippen LogP contribution < -0.4 is 10.1 Å². The molecule has 3 rings (SSSR count). The molecule has 6 nitrogen and oxygen atoms in total. The fraction of sp³-hybridized carbons (Fsp3) is 0.594. The molecule has 0 fully saturated rings. The summed E-state index contributed by atoms with van der Waals surface area (Å²) in [6.07, 6.45) is 4.93. The van der Waals surface area contributed by atoms with E-state index >= 15 is 0 Å². The van der Waals surface area contributed by atoms with Crippen LogP contribution in [0, 0.1) is 5.92 Å². The number of aliphatic hydroxyl groups is 1. The topological polar surface area (TPSA) is 88.0 Å². The molecular weight excluding hydrogens is 478 g/mol. The van der Waals surface area contributed by atoms with Gasteiger partial charge in [-0.3, -0.25) is 4.79 Å². The van der Waals surface area contributed by atoms with Gasteiger partial charge in [0.2, 0.25) is 0 Å². The number of nitrogens with one attached hydrogen (secondary N) is 1. The zero-order valence-electron chi connectivity index (χ0n) is 23.8. The summed E-state index contributed by atoms with van der Waals surface area (Å²) in [7, 11) is 0. The number of rotatable bonds is 16. The first-order valence-corrected chi connectivity index (χ1v) is 14.1. The lowest BCUT2D eigenvalue weighted by molar-refractivity contribution is -0.137. The maximum atomic E-state index is 10.9. The number of hydrogen-bond donors (Lipinski definition) is 3. The fourth-order valence-electron chi connectivity index (χ4n) is 5.50. The van der Waals surface area contributed by atoms with E-state index in [1.165, 1.54) is 11.1 Å². The summed E-state index contributed by atoms with van der Waals surface area (Å²) in [5.74, 6) is 0.650. The molecule has 1 unspecified atom stereocenters. The fourth-order valence-corrected chi connectivity index (χ4v) is 5.50. The molecule has 6 heteroatoms. The quantitative estimate of drug-likeness (QED) is 0.237. The highest BCUT2D eigenvalue weighted by Gasteiger charge is 2.28. The molecule has 38 heavy (non-hydrogen) atoms. The Morgan fingerprint density at radius 3 is 2.39 bits per heavy atom. The van der Waals surface area contributed by atoms with E-state index in [-0.39, 0.29) is 30.8 Å². The predicted octanol–water partition coefficient (Wildman–Crippen LogP) is 5.88. The smallest absolute Gasteiger partial charge is 0.303 e. The summed E-state index contributed by atoms with van der Waals surface area (Å²) in [5, 5.41) is 23.2. The molecule has 3 N–H and O–H groups in total. The number of carboxylic acids is 1. The van der Waals surface area contributed by atoms with E-state index in [1.54, 1.807) is 0 Å². The number of ether oxygens (including phenoxy) is 2. The minimum Gasteiger partial charge on any atom is -0.491 e. The van der Waals surface area contributed by atoms with Gasteiger partial charge in [0.15, 0.2) is 0 Å². The van der Waals surface area contributed by atoms with Gasteiger partial charge < -0.3 is 25.0 Å². The number of hydrogen-bond acceptors (Lipinski definition) is 5. The lowest BCUT2D eigenvalue weighted by Gasteiger charge is -2.31. The average Bonchev–Trinajstić information content (AvgIpc) is 3.25. The molecule has 0 aromatic heterocycles. The van der Waals surface area contributed by atoms with Crippen LogP contribution in [0.3, 0.4) is 0 Å². The highest BCUT2D eigenvalue weighted by Crippen LogP contribution is 2.32. The molecule has 0 radical (unpaired) electrons. The highest BCUT2D eigenvalue weighted by atomic mass is 16.5. The second-order valence-corrected chi connectivity index (χ2v) is 11.8. The van der Waals surface area contributed by atoms with Crippen LogP contribution in [0.1, 0.15) is 88.7 Å². The first-order chi connectivity index (χ1) is 18.0. The first-order valence-electron chi connectivity index (χ1n) is 14.1. The third kappa shape index (κ3) is 9.72. The standard InChI is InChI=1S/C32H47NO5/c1-22(2)38-29-15-14-25(10-8-9-13-31(35)36)30(18-29)23(3)37-21-28(34)20-33-32(4,5)19-24-16-26-11-6-7-12-27(26)17-24/h6-7,11-12,14-15,18,22-24,28,33-34H,8-10,13,16-17,19-21H2,1-5H3,(H,35,36)/t23?,28-/m1/s1. The van der Waals surface area contributed by atoms with Gasteiger partial charge >= 0.3 is 5.97 Å². The van der Waals surface area contributed by atoms with Crippen molar-refractivity contribution in [3.8, 4) is 5.75 Å². The summed E-state index contributed by atoms with van der Waals surface area (Å²) in [6.45, 7) is 11.1. The monoisotopic (exact) mass is 525 g/mol. The second kappa shape index (κ2) is 14.1. The van der Waals surface area contributed by atoms with E-state index in [0.717, 1.165) is 49.0 Å². The van der Waals surface area contributed by atoms with Gasteiger partial charge in [-0.2, -0.15) is 0 Å². The van der Waals surface area contributed by atoms with E-state index in [4.69, 9.17) is 14.6 Å². The first kappa shape index (κ1) is 30.1. The molecule has 1 aliphatic carbocycles. The molecular formula is C32H47NO5. The maximum Gasteiger partial charge on any atom is 0.303 e. The van der Waals surface area contributed by atoms with Crippen molar-refractivity contribution in [2.75, 3.05) is 13.2 Å². The van der Waals surface area contributed by atoms with Gasteiger partial charge in [-0.25, -0.2) is 0 Å². The minimum absolute atomic E-state index is 0.0649. The van der Waals surface area contributed by atoms with Gasteiger partial charge in [0, 0.05) is 18.5 Å². The Bertz CT molecular complexity index is 1010. The van der Waals surface area contributed by atoms with E-state index in [9.17, 15) is 9.90 Å². The van der Waals surface area contributed by atoms with Crippen LogP contribution in [-0.4, -0.2) is 47.1 Å². The van der Waals surface area contributed by atoms with Crippen LogP contribution in [0.4, 0.5) is 0 Å². The molecule has 0 amide bonds. The van der Waals surface area contributed by atoms with Crippen molar-refractivity contribution in [1.82, 2.24) is 5.32 Å². The molecule has 2 aromatic rings. The Hall–Kier alpha value is -2.41. The van der Waals surface area contributed by atoms with Gasteiger partial charge in [0.25, 0.3) is 0 Å². The zero-order valence-corrected chi connectivity index (χ0v) is 23.8. The van der Waals surface area contributed by atoms with Crippen molar-refractivity contribution in [2.45, 2.75) is 103 Å². The van der Waals surface area contributed by atoms with Gasteiger partial charge in [0.05, 0.1) is 24.9 Å². The Morgan fingerprint density at radius 2 is 1.76 bits per heavy atom. The van der Waals surface area contributed by atoms with E-state index in [2.05, 4.69) is 49.5 Å². The van der Waals surface area contributed by atoms with Crippen molar-refractivity contribution in [3.05, 3.63) is 64.7 Å². The molecule has 0 heterocycles. The number of aryl methyl sites for hydroxylation is 1. The summed E-state index contributed by atoms with van der Waals surface area (Å²) in [6, 6.07) is 14.8. The summed E-state index contributed by atoms with van der Waals surface area (Å²) in [4.78, 5) is 10.9. The van der Waals surface area contributed by atoms with Crippen LogP contribution >= 0.6 is 0 Å². The van der Waals surface area contributed by atoms with Gasteiger partial charge in [-0.05, 0) is 113 Å². The molecule has 0 aliphatic heterocycles. The van der Waals surface area contributed by atoms with Crippen LogP contribution in [-0.2, 0) is 28.8 Å². The van der Waals surface area contributed by atoms with Crippen LogP contribution in [0.15, 0.2) is 42.5 Å². The normalized spacial score (nSPS) is 15.4. The van der Waals surface area contributed by atoms with Crippen LogP contribution in [0.25, 0.3) is 0 Å². The predicted molar refractivity (Wildman–Crippen MR) is 152 cm³/mol. The van der Waals surface area contributed by atoms with Crippen molar-refractivity contribution in [3.63, 3.8) is 0 Å². The Balaban J connectivity index is 1.50. The minimum atomic E-state index is -0.762. The zero-order chi connectivity index (χ0) is 27.7. The van der Waals surface area contributed by atoms with Gasteiger partial charge in [-0.1, -0.05) is 30.3 Å². The molecule has 0 saturated carbocycles. The summed E-state index contributed by atoms with van der Waals surface area (Å²) in [5.41, 5.74) is 5.02. The van der Waals surface area contributed by atoms with Crippen molar-refractivity contribution in [2.24, 2.45) is 5.92 Å². The van der Waals surface area contributed by atoms with E-state index < -0.39 is 12.1 Å². The number of benzene rings is 2. The number of carboxylic acid groups (broad SMARTS) is 1. The molecule has 210 valence electrons. The number of β-amino-alcohol motifs (C(OH)–C–C–N with tert-alkyl or cyclic N) is 1. The third-order valence-electron chi connectivity index (χ3n) is 7.30. The number of unbranched alkanes of at least 4 members (excludes halogenated alkanes) is 1. The Labute approximate surface area is 228 Å². The number of carbonyl (C=O) groups is 1. The van der Waals surface area contributed by atoms with Crippen molar-refractivity contribution >= 4 is 5.97 Å². The van der Waals surface area contributed by atoms with E-state index in [1.807, 2.05) is 32.9 Å². The summed E-state index contributed by atoms with van der Waals surface area (Å²) >= 11 is 0. The molecule has 0 saturated heterocycles. The van der Waals surface area contributed by atoms with Crippen molar-refractivity contribution < 1.29 is 24.5 Å². The molecule has 0 spiro atoms. The maximum absolute atomic E-state index is 10.9. The number of aliphatic hydroxyl groups excluding tert-OH is 1. The lowest BCUT2D eigenvalue weighted by atomic mass is 9.88. The third-order valence-corrected chi connectivity index (χ3v) is 7.30. The lowest BCUT2D eigenvalue weighted by Crippen LogP contribution is -2.45. The van der Waals surface area contributed by atoms with E-state index in [0.29, 0.717) is 18.9 Å². The molecule has 1 aliphatic rings. The average molecular weight is 526 g/mol. The second-order valence-electron chi connectivity index (χ2n) is 11.8. The molecule has 2 atom stereocenters. The van der Waals surface area contributed by atoms with Gasteiger partial charge in [-0.15, -0.1) is 0 Å². The van der Waals surface area contributed by atoms with Gasteiger partial charge in [0.1, 0.15) is 5.75 Å². The summed E-state index contributed by atoms with van der Waals surface area (Å²) < 4.78 is 12.0. The van der Waals surface area contributed by atoms with Crippen LogP contribution in [0.5, 0.6) is 5.75 Å². The number of aliphatic carboxylic acids is 1. The van der Waals surface area contributed by atoms with Crippen molar-refractivity contribution in [1.29, 1.82) is 0 Å². The number of fused-ring (bicyclic) bond motifs is 1. The van der Waals surface area contributed by atoms with Crippen LogP contribution in [0.2, 0.25) is 0 Å². The Kier molecular flexibility index (Phi) is 11.2.